The Morgan fingerprint density at radius 3 is 2.44 bits per heavy atom. The molecule has 8 nitrogen and oxygen atoms in total. The Bertz CT molecular complexity index is 1290. The van der Waals surface area contributed by atoms with Crippen molar-refractivity contribution in [3.05, 3.63) is 64.5 Å². The van der Waals surface area contributed by atoms with E-state index < -0.39 is 5.41 Å². The largest absolute Gasteiger partial charge is 0.340 e. The Labute approximate surface area is 212 Å². The number of likely N-dealkylation sites (tertiary alicyclic amines) is 1. The van der Waals surface area contributed by atoms with Crippen molar-refractivity contribution in [2.75, 3.05) is 34.2 Å². The van der Waals surface area contributed by atoms with Gasteiger partial charge in [-0.3, -0.25) is 19.3 Å². The molecule has 0 spiro atoms. The Morgan fingerprint density at radius 2 is 1.75 bits per heavy atom. The Balaban J connectivity index is 1.61. The first-order chi connectivity index (χ1) is 17.0. The lowest BCUT2D eigenvalue weighted by molar-refractivity contribution is -0.142. The van der Waals surface area contributed by atoms with Crippen LogP contribution < -0.4 is 0 Å². The van der Waals surface area contributed by atoms with E-state index in [1.807, 2.05) is 63.2 Å². The zero-order valence-electron chi connectivity index (χ0n) is 22.0. The second-order valence-electron chi connectivity index (χ2n) is 10.3. The van der Waals surface area contributed by atoms with Crippen molar-refractivity contribution in [2.24, 2.45) is 0 Å². The standard InChI is InChI=1S/C28H35N5O3/c1-18-9-7-8-10-21(18)28(16-26(35)33(27(28)36)12-11-31(4)5)15-25(34)32(6)17-24-29-22-13-19(2)20(3)14-23(22)30-24/h7-10,13-14H,11-12,15-17H2,1-6H3,(H,29,30). The summed E-state index contributed by atoms with van der Waals surface area (Å²) in [5.41, 5.74) is 4.55. The summed E-state index contributed by atoms with van der Waals surface area (Å²) in [6.07, 6.45) is -0.0806. The van der Waals surface area contributed by atoms with Gasteiger partial charge in [0.15, 0.2) is 0 Å². The molecule has 1 saturated heterocycles. The summed E-state index contributed by atoms with van der Waals surface area (Å²) in [5.74, 6) is -0.0532. The molecule has 2 heterocycles. The number of nitrogens with zero attached hydrogens (tertiary/aromatic N) is 4. The summed E-state index contributed by atoms with van der Waals surface area (Å²) in [6, 6.07) is 11.6. The smallest absolute Gasteiger partial charge is 0.240 e. The number of benzene rings is 2. The van der Waals surface area contributed by atoms with Crippen molar-refractivity contribution in [2.45, 2.75) is 45.6 Å². The summed E-state index contributed by atoms with van der Waals surface area (Å²) >= 11 is 0. The molecule has 1 N–H and O–H groups in total. The number of carbonyl (C=O) groups is 3. The first-order valence-corrected chi connectivity index (χ1v) is 12.3. The SMILES string of the molecule is Cc1cc2nc(CN(C)C(=O)CC3(c4ccccc4C)CC(=O)N(CCN(C)C)C3=O)[nH]c2cc1C. The molecule has 0 bridgehead atoms. The zero-order valence-corrected chi connectivity index (χ0v) is 22.0. The molecule has 1 unspecified atom stereocenters. The van der Waals surface area contributed by atoms with Gasteiger partial charge in [0, 0.05) is 33.0 Å². The van der Waals surface area contributed by atoms with E-state index in [2.05, 4.69) is 23.0 Å². The first-order valence-electron chi connectivity index (χ1n) is 12.3. The molecule has 0 saturated carbocycles. The lowest BCUT2D eigenvalue weighted by Crippen LogP contribution is -2.44. The van der Waals surface area contributed by atoms with Gasteiger partial charge in [-0.2, -0.15) is 0 Å². The van der Waals surface area contributed by atoms with Crippen molar-refractivity contribution in [3.8, 4) is 0 Å². The number of H-pyrrole nitrogens is 1. The maximum Gasteiger partial charge on any atom is 0.240 e. The molecule has 3 aromatic rings. The Kier molecular flexibility index (Phi) is 7.00. The molecule has 2 aromatic carbocycles. The number of likely N-dealkylation sites (N-methyl/N-ethyl adjacent to an activating group) is 1. The van der Waals surface area contributed by atoms with Gasteiger partial charge in [-0.15, -0.1) is 0 Å². The topological polar surface area (TPSA) is 89.6 Å². The molecule has 1 aliphatic heterocycles. The van der Waals surface area contributed by atoms with Gasteiger partial charge in [0.2, 0.25) is 17.7 Å². The molecule has 1 aliphatic rings. The predicted octanol–water partition coefficient (Wildman–Crippen LogP) is 3.10. The Hall–Kier alpha value is -3.52. The number of nitrogens with one attached hydrogen (secondary N) is 1. The van der Waals surface area contributed by atoms with E-state index in [4.69, 9.17) is 0 Å². The van der Waals surface area contributed by atoms with Gasteiger partial charge in [-0.1, -0.05) is 24.3 Å². The van der Waals surface area contributed by atoms with Crippen LogP contribution in [0.2, 0.25) is 0 Å². The second-order valence-corrected chi connectivity index (χ2v) is 10.3. The molecule has 0 aliphatic carbocycles. The first kappa shape index (κ1) is 25.6. The third-order valence-corrected chi connectivity index (χ3v) is 7.25. The molecule has 36 heavy (non-hydrogen) atoms. The fourth-order valence-corrected chi connectivity index (χ4v) is 4.98. The number of aromatic amines is 1. The molecule has 1 aromatic heterocycles. The van der Waals surface area contributed by atoms with Gasteiger partial charge in [-0.05, 0) is 69.3 Å². The molecule has 1 atom stereocenters. The van der Waals surface area contributed by atoms with Crippen molar-refractivity contribution >= 4 is 28.8 Å². The minimum atomic E-state index is -1.21. The molecular formula is C28H35N5O3. The van der Waals surface area contributed by atoms with E-state index >= 15 is 0 Å². The van der Waals surface area contributed by atoms with Gasteiger partial charge < -0.3 is 14.8 Å². The van der Waals surface area contributed by atoms with E-state index in [-0.39, 0.29) is 37.1 Å². The molecule has 1 fully saturated rings. The highest BCUT2D eigenvalue weighted by molar-refractivity contribution is 6.11. The van der Waals surface area contributed by atoms with Crippen molar-refractivity contribution < 1.29 is 14.4 Å². The van der Waals surface area contributed by atoms with Gasteiger partial charge in [-0.25, -0.2) is 4.98 Å². The summed E-state index contributed by atoms with van der Waals surface area (Å²) in [6.45, 7) is 7.18. The van der Waals surface area contributed by atoms with E-state index in [0.717, 1.165) is 27.7 Å². The lowest BCUT2D eigenvalue weighted by Gasteiger charge is -2.30. The van der Waals surface area contributed by atoms with Crippen LogP contribution in [0.5, 0.6) is 0 Å². The van der Waals surface area contributed by atoms with Crippen molar-refractivity contribution in [3.63, 3.8) is 0 Å². The number of carbonyl (C=O) groups excluding carboxylic acids is 3. The van der Waals surface area contributed by atoms with Gasteiger partial charge in [0.25, 0.3) is 0 Å². The summed E-state index contributed by atoms with van der Waals surface area (Å²) in [4.78, 5) is 53.2. The van der Waals surface area contributed by atoms with E-state index in [1.54, 1.807) is 11.9 Å². The molecule has 8 heteroatoms. The minimum Gasteiger partial charge on any atom is -0.340 e. The fourth-order valence-electron chi connectivity index (χ4n) is 4.98. The number of hydrogen-bond donors (Lipinski definition) is 1. The fraction of sp³-hybridized carbons (Fsp3) is 0.429. The van der Waals surface area contributed by atoms with Gasteiger partial charge >= 0.3 is 0 Å². The highest BCUT2D eigenvalue weighted by Gasteiger charge is 2.54. The van der Waals surface area contributed by atoms with Crippen LogP contribution in [0, 0.1) is 20.8 Å². The van der Waals surface area contributed by atoms with E-state index in [0.29, 0.717) is 18.9 Å². The second kappa shape index (κ2) is 9.85. The average molecular weight is 490 g/mol. The van der Waals surface area contributed by atoms with Gasteiger partial charge in [0.05, 0.1) is 23.0 Å². The number of aryl methyl sites for hydroxylation is 3. The van der Waals surface area contributed by atoms with Crippen molar-refractivity contribution in [1.82, 2.24) is 24.7 Å². The zero-order chi connectivity index (χ0) is 26.2. The number of amides is 3. The maximum atomic E-state index is 13.8. The molecular weight excluding hydrogens is 454 g/mol. The third kappa shape index (κ3) is 4.78. The summed E-state index contributed by atoms with van der Waals surface area (Å²) < 4.78 is 0. The molecule has 3 amide bonds. The highest BCUT2D eigenvalue weighted by Crippen LogP contribution is 2.41. The summed E-state index contributed by atoms with van der Waals surface area (Å²) in [7, 11) is 5.51. The highest BCUT2D eigenvalue weighted by atomic mass is 16.2. The molecule has 0 radical (unpaired) electrons. The predicted molar refractivity (Wildman–Crippen MR) is 139 cm³/mol. The lowest BCUT2D eigenvalue weighted by atomic mass is 9.74. The number of imidazole rings is 1. The molecule has 190 valence electrons. The van der Waals surface area contributed by atoms with Crippen LogP contribution in [0.1, 0.15) is 40.9 Å². The minimum absolute atomic E-state index is 0.00706. The molecule has 4 rings (SSSR count). The monoisotopic (exact) mass is 489 g/mol. The van der Waals surface area contributed by atoms with Gasteiger partial charge in [0.1, 0.15) is 5.82 Å². The number of rotatable bonds is 8. The number of aromatic nitrogens is 2. The van der Waals surface area contributed by atoms with Crippen LogP contribution >= 0.6 is 0 Å². The van der Waals surface area contributed by atoms with Crippen molar-refractivity contribution in [1.29, 1.82) is 0 Å². The Morgan fingerprint density at radius 1 is 1.06 bits per heavy atom. The van der Waals surface area contributed by atoms with Crippen LogP contribution in [-0.4, -0.2) is 76.6 Å². The number of fused-ring (bicyclic) bond motifs is 1. The van der Waals surface area contributed by atoms with Crippen LogP contribution in [0.15, 0.2) is 36.4 Å². The average Bonchev–Trinajstić information content (AvgIpc) is 3.29. The maximum absolute atomic E-state index is 13.8. The quantitative estimate of drug-likeness (QED) is 0.491. The van der Waals surface area contributed by atoms with Crippen LogP contribution in [0.4, 0.5) is 0 Å². The third-order valence-electron chi connectivity index (χ3n) is 7.25. The van der Waals surface area contributed by atoms with E-state index in [1.165, 1.54) is 10.5 Å². The summed E-state index contributed by atoms with van der Waals surface area (Å²) in [5, 5.41) is 0. The van der Waals surface area contributed by atoms with Crippen LogP contribution in [0.3, 0.4) is 0 Å². The number of hydrogen-bond acceptors (Lipinski definition) is 5. The van der Waals surface area contributed by atoms with Crippen LogP contribution in [-0.2, 0) is 26.3 Å². The number of imide groups is 1. The van der Waals surface area contributed by atoms with Crippen LogP contribution in [0.25, 0.3) is 11.0 Å². The normalized spacial score (nSPS) is 18.0. The van der Waals surface area contributed by atoms with E-state index in [9.17, 15) is 14.4 Å².